The topological polar surface area (TPSA) is 94.5 Å². The number of anilines is 2. The summed E-state index contributed by atoms with van der Waals surface area (Å²) in [4.78, 5) is 28.8. The minimum absolute atomic E-state index is 0.0817. The van der Waals surface area contributed by atoms with Crippen LogP contribution in [0.3, 0.4) is 0 Å². The van der Waals surface area contributed by atoms with Crippen LogP contribution < -0.4 is 25.7 Å². The Bertz CT molecular complexity index is 998. The van der Waals surface area contributed by atoms with Gasteiger partial charge in [0.05, 0.1) is 13.7 Å². The van der Waals surface area contributed by atoms with E-state index >= 15 is 0 Å². The normalized spacial score (nSPS) is 10.2. The lowest BCUT2D eigenvalue weighted by Crippen LogP contribution is -2.28. The second kappa shape index (κ2) is 8.72. The van der Waals surface area contributed by atoms with Crippen LogP contribution in [-0.4, -0.2) is 29.3 Å². The smallest absolute Gasteiger partial charge is 0.325 e. The third-order valence-electron chi connectivity index (χ3n) is 3.85. The molecule has 0 spiro atoms. The number of carbonyl (C=O) groups is 1. The number of aromatic nitrogens is 2. The quantitative estimate of drug-likeness (QED) is 0.684. The van der Waals surface area contributed by atoms with Crippen LogP contribution in [0.4, 0.5) is 16.3 Å². The molecule has 8 nitrogen and oxygen atoms in total. The molecule has 0 atom stereocenters. The van der Waals surface area contributed by atoms with E-state index in [9.17, 15) is 9.59 Å². The van der Waals surface area contributed by atoms with Crippen LogP contribution in [0.5, 0.6) is 11.5 Å². The first-order valence-corrected chi connectivity index (χ1v) is 8.63. The molecule has 2 N–H and O–H groups in total. The molecule has 2 aromatic carbocycles. The highest BCUT2D eigenvalue weighted by atomic mass is 16.5. The van der Waals surface area contributed by atoms with Crippen molar-refractivity contribution in [3.05, 3.63) is 71.3 Å². The molecule has 2 amide bonds. The fraction of sp³-hybridized carbons (Fsp3) is 0.150. The molecule has 0 fully saturated rings. The Hall–Kier alpha value is -3.81. The van der Waals surface area contributed by atoms with Crippen molar-refractivity contribution < 1.29 is 14.3 Å². The fourth-order valence-electron chi connectivity index (χ4n) is 2.51. The second-order valence-electron chi connectivity index (χ2n) is 5.69. The maximum atomic E-state index is 12.6. The highest BCUT2D eigenvalue weighted by molar-refractivity contribution is 5.99. The van der Waals surface area contributed by atoms with Crippen molar-refractivity contribution in [2.75, 3.05) is 24.4 Å². The van der Waals surface area contributed by atoms with Crippen LogP contribution in [-0.2, 0) is 0 Å². The SMILES string of the molecule is CCOc1ccc(NC(=O)Nc2nccn(-c3ccc(OC)cc3)c2=O)cc1. The van der Waals surface area contributed by atoms with E-state index in [2.05, 4.69) is 15.6 Å². The fourth-order valence-corrected chi connectivity index (χ4v) is 2.51. The van der Waals surface area contributed by atoms with Gasteiger partial charge in [-0.1, -0.05) is 0 Å². The van der Waals surface area contributed by atoms with Crippen LogP contribution in [0.15, 0.2) is 65.7 Å². The van der Waals surface area contributed by atoms with E-state index in [0.29, 0.717) is 29.5 Å². The summed E-state index contributed by atoms with van der Waals surface area (Å²) in [7, 11) is 1.57. The molecule has 0 unspecified atom stereocenters. The number of ether oxygens (including phenoxy) is 2. The Morgan fingerprint density at radius 1 is 1.04 bits per heavy atom. The van der Waals surface area contributed by atoms with Gasteiger partial charge in [-0.25, -0.2) is 9.78 Å². The Morgan fingerprint density at radius 2 is 1.71 bits per heavy atom. The van der Waals surface area contributed by atoms with Gasteiger partial charge < -0.3 is 14.8 Å². The monoisotopic (exact) mass is 380 g/mol. The zero-order valence-corrected chi connectivity index (χ0v) is 15.5. The van der Waals surface area contributed by atoms with Gasteiger partial charge in [-0.05, 0) is 55.5 Å². The van der Waals surface area contributed by atoms with Crippen molar-refractivity contribution in [2.45, 2.75) is 6.92 Å². The summed E-state index contributed by atoms with van der Waals surface area (Å²) in [5.41, 5.74) is 0.741. The second-order valence-corrected chi connectivity index (χ2v) is 5.69. The summed E-state index contributed by atoms with van der Waals surface area (Å²) in [6.45, 7) is 2.46. The number of hydrogen-bond acceptors (Lipinski definition) is 5. The number of methoxy groups -OCH3 is 1. The summed E-state index contributed by atoms with van der Waals surface area (Å²) in [5.74, 6) is 1.31. The lowest BCUT2D eigenvalue weighted by atomic mass is 10.3. The number of carbonyl (C=O) groups excluding carboxylic acids is 1. The van der Waals surface area contributed by atoms with Crippen molar-refractivity contribution in [1.82, 2.24) is 9.55 Å². The lowest BCUT2D eigenvalue weighted by molar-refractivity contribution is 0.262. The number of urea groups is 1. The van der Waals surface area contributed by atoms with Crippen LogP contribution in [0.25, 0.3) is 5.69 Å². The third-order valence-corrected chi connectivity index (χ3v) is 3.85. The van der Waals surface area contributed by atoms with Gasteiger partial charge in [0.1, 0.15) is 11.5 Å². The van der Waals surface area contributed by atoms with Gasteiger partial charge in [-0.3, -0.25) is 14.7 Å². The molecule has 8 heteroatoms. The Kier molecular flexibility index (Phi) is 5.91. The van der Waals surface area contributed by atoms with E-state index in [0.717, 1.165) is 0 Å². The average molecular weight is 380 g/mol. The molecule has 3 rings (SSSR count). The molecule has 0 aliphatic rings. The Balaban J connectivity index is 1.73. The molecular weight excluding hydrogens is 360 g/mol. The Labute approximate surface area is 161 Å². The summed E-state index contributed by atoms with van der Waals surface area (Å²) in [6, 6.07) is 13.3. The van der Waals surface area contributed by atoms with E-state index in [1.54, 1.807) is 55.6 Å². The van der Waals surface area contributed by atoms with Crippen molar-refractivity contribution in [3.63, 3.8) is 0 Å². The number of nitrogens with one attached hydrogen (secondary N) is 2. The van der Waals surface area contributed by atoms with E-state index in [1.807, 2.05) is 6.92 Å². The van der Waals surface area contributed by atoms with Gasteiger partial charge in [0.2, 0.25) is 5.82 Å². The molecule has 28 heavy (non-hydrogen) atoms. The predicted molar refractivity (Wildman–Crippen MR) is 107 cm³/mol. The summed E-state index contributed by atoms with van der Waals surface area (Å²) < 4.78 is 11.9. The third kappa shape index (κ3) is 4.47. The summed E-state index contributed by atoms with van der Waals surface area (Å²) in [5, 5.41) is 5.13. The molecule has 144 valence electrons. The first-order valence-electron chi connectivity index (χ1n) is 8.63. The van der Waals surface area contributed by atoms with Gasteiger partial charge in [-0.2, -0.15) is 0 Å². The van der Waals surface area contributed by atoms with Crippen LogP contribution in [0.2, 0.25) is 0 Å². The van der Waals surface area contributed by atoms with Gasteiger partial charge in [-0.15, -0.1) is 0 Å². The molecule has 0 saturated carbocycles. The highest BCUT2D eigenvalue weighted by Gasteiger charge is 2.10. The van der Waals surface area contributed by atoms with Crippen molar-refractivity contribution in [2.24, 2.45) is 0 Å². The summed E-state index contributed by atoms with van der Waals surface area (Å²) >= 11 is 0. The molecule has 1 heterocycles. The Morgan fingerprint density at radius 3 is 2.36 bits per heavy atom. The van der Waals surface area contributed by atoms with Gasteiger partial charge >= 0.3 is 6.03 Å². The van der Waals surface area contributed by atoms with E-state index < -0.39 is 11.6 Å². The number of hydrogen-bond donors (Lipinski definition) is 2. The van der Waals surface area contributed by atoms with Crippen LogP contribution in [0, 0.1) is 0 Å². The first kappa shape index (κ1) is 19.0. The van der Waals surface area contributed by atoms with Crippen molar-refractivity contribution in [3.8, 4) is 17.2 Å². The highest BCUT2D eigenvalue weighted by Crippen LogP contribution is 2.16. The molecule has 0 bridgehead atoms. The predicted octanol–water partition coefficient (Wildman–Crippen LogP) is 3.28. The number of rotatable bonds is 6. The molecule has 0 aliphatic heterocycles. The van der Waals surface area contributed by atoms with Crippen molar-refractivity contribution in [1.29, 1.82) is 0 Å². The van der Waals surface area contributed by atoms with Crippen LogP contribution in [0.1, 0.15) is 6.92 Å². The summed E-state index contributed by atoms with van der Waals surface area (Å²) in [6.07, 6.45) is 2.97. The maximum absolute atomic E-state index is 12.6. The maximum Gasteiger partial charge on any atom is 0.325 e. The lowest BCUT2D eigenvalue weighted by Gasteiger charge is -2.10. The van der Waals surface area contributed by atoms with E-state index in [1.165, 1.54) is 17.0 Å². The standard InChI is InChI=1S/C20H20N4O4/c1-3-28-17-8-4-14(5-9-17)22-20(26)23-18-19(25)24(13-12-21-18)15-6-10-16(27-2)11-7-15/h4-13H,3H2,1-2H3,(H2,21,22,23,26). The number of nitrogens with zero attached hydrogens (tertiary/aromatic N) is 2. The van der Waals surface area contributed by atoms with Gasteiger partial charge in [0.15, 0.2) is 0 Å². The van der Waals surface area contributed by atoms with E-state index in [-0.39, 0.29) is 5.82 Å². The largest absolute Gasteiger partial charge is 0.497 e. The van der Waals surface area contributed by atoms with Crippen molar-refractivity contribution >= 4 is 17.5 Å². The minimum Gasteiger partial charge on any atom is -0.497 e. The molecule has 0 aliphatic carbocycles. The zero-order chi connectivity index (χ0) is 19.9. The molecule has 3 aromatic rings. The average Bonchev–Trinajstić information content (AvgIpc) is 2.71. The molecule has 0 radical (unpaired) electrons. The van der Waals surface area contributed by atoms with Gasteiger partial charge in [0.25, 0.3) is 5.56 Å². The number of amides is 2. The zero-order valence-electron chi connectivity index (χ0n) is 15.5. The first-order chi connectivity index (χ1) is 13.6. The molecular formula is C20H20N4O4. The minimum atomic E-state index is -0.568. The van der Waals surface area contributed by atoms with Gasteiger partial charge in [0, 0.05) is 23.8 Å². The van der Waals surface area contributed by atoms with E-state index in [4.69, 9.17) is 9.47 Å². The number of benzene rings is 2. The molecule has 0 saturated heterocycles. The molecule has 1 aromatic heterocycles. The van der Waals surface area contributed by atoms with Crippen LogP contribution >= 0.6 is 0 Å².